The minimum absolute atomic E-state index is 0.0861. The van der Waals surface area contributed by atoms with Crippen LogP contribution in [-0.4, -0.2) is 60.2 Å². The van der Waals surface area contributed by atoms with Gasteiger partial charge in [-0.3, -0.25) is 9.69 Å². The zero-order chi connectivity index (χ0) is 19.5. The van der Waals surface area contributed by atoms with Crippen molar-refractivity contribution in [3.8, 4) is 0 Å². The molecule has 2 amide bonds. The predicted molar refractivity (Wildman–Crippen MR) is 98.1 cm³/mol. The fourth-order valence-corrected chi connectivity index (χ4v) is 3.01. The highest BCUT2D eigenvalue weighted by atomic mass is 79.9. The van der Waals surface area contributed by atoms with Gasteiger partial charge in [0.05, 0.1) is 13.2 Å². The van der Waals surface area contributed by atoms with E-state index in [4.69, 9.17) is 9.47 Å². The summed E-state index contributed by atoms with van der Waals surface area (Å²) in [6, 6.07) is 3.77. The molecule has 1 aliphatic heterocycles. The molecular formula is C18H24BrFN2O4. The number of nitrogens with zero attached hydrogens (tertiary/aromatic N) is 2. The number of hydrogen-bond donors (Lipinski definition) is 0. The number of halogens is 2. The third-order valence-corrected chi connectivity index (χ3v) is 4.33. The number of likely N-dealkylation sites (N-methyl/N-ethyl adjacent to an activating group) is 1. The Morgan fingerprint density at radius 2 is 2.12 bits per heavy atom. The lowest BCUT2D eigenvalue weighted by Crippen LogP contribution is -2.56. The average molecular weight is 431 g/mol. The first-order chi connectivity index (χ1) is 12.1. The number of rotatable bonds is 3. The molecule has 144 valence electrons. The van der Waals surface area contributed by atoms with E-state index in [1.807, 2.05) is 0 Å². The molecule has 1 aromatic carbocycles. The molecular weight excluding hydrogens is 407 g/mol. The summed E-state index contributed by atoms with van der Waals surface area (Å²) in [6.45, 7) is 6.09. The number of ether oxygens (including phenoxy) is 2. The van der Waals surface area contributed by atoms with Gasteiger partial charge in [-0.1, -0.05) is 15.9 Å². The van der Waals surface area contributed by atoms with Gasteiger partial charge in [0, 0.05) is 30.2 Å². The number of carbonyl (C=O) groups excluding carboxylic acids is 2. The molecule has 0 aliphatic carbocycles. The molecule has 1 atom stereocenters. The van der Waals surface area contributed by atoms with Gasteiger partial charge in [-0.25, -0.2) is 9.18 Å². The maximum atomic E-state index is 14.0. The Bertz CT molecular complexity index is 678. The van der Waals surface area contributed by atoms with Crippen LogP contribution in [-0.2, 0) is 20.8 Å². The Morgan fingerprint density at radius 3 is 2.77 bits per heavy atom. The maximum absolute atomic E-state index is 14.0. The first-order valence-electron chi connectivity index (χ1n) is 8.35. The minimum Gasteiger partial charge on any atom is -0.444 e. The summed E-state index contributed by atoms with van der Waals surface area (Å²) >= 11 is 3.30. The van der Waals surface area contributed by atoms with Crippen LogP contribution in [0.4, 0.5) is 9.18 Å². The summed E-state index contributed by atoms with van der Waals surface area (Å²) in [7, 11) is 1.57. The highest BCUT2D eigenvalue weighted by molar-refractivity contribution is 9.10. The number of amides is 2. The van der Waals surface area contributed by atoms with Gasteiger partial charge < -0.3 is 14.4 Å². The lowest BCUT2D eigenvalue weighted by molar-refractivity contribution is -0.142. The number of benzene rings is 1. The van der Waals surface area contributed by atoms with E-state index in [-0.39, 0.29) is 25.6 Å². The zero-order valence-corrected chi connectivity index (χ0v) is 17.0. The van der Waals surface area contributed by atoms with Crippen LogP contribution in [0.3, 0.4) is 0 Å². The topological polar surface area (TPSA) is 59.1 Å². The third kappa shape index (κ3) is 5.41. The molecule has 1 aliphatic rings. The van der Waals surface area contributed by atoms with Crippen LogP contribution in [0.5, 0.6) is 0 Å². The van der Waals surface area contributed by atoms with Crippen LogP contribution in [0.15, 0.2) is 22.7 Å². The molecule has 0 N–H and O–H groups in total. The van der Waals surface area contributed by atoms with Gasteiger partial charge in [-0.05, 0) is 39.0 Å². The molecule has 0 spiro atoms. The molecule has 26 heavy (non-hydrogen) atoms. The van der Waals surface area contributed by atoms with Crippen LogP contribution in [0.25, 0.3) is 0 Å². The SMILES string of the molecule is CN(Cc1cc(Br)ccc1F)C(=O)[C@@H]1COCCN1C(=O)OC(C)(C)C. The third-order valence-electron chi connectivity index (χ3n) is 3.83. The normalized spacial score (nSPS) is 17.8. The van der Waals surface area contributed by atoms with Crippen molar-refractivity contribution in [3.63, 3.8) is 0 Å². The molecule has 0 saturated carbocycles. The Kier molecular flexibility index (Phi) is 6.63. The lowest BCUT2D eigenvalue weighted by atomic mass is 10.1. The van der Waals surface area contributed by atoms with E-state index in [2.05, 4.69) is 15.9 Å². The largest absolute Gasteiger partial charge is 0.444 e. The van der Waals surface area contributed by atoms with Crippen molar-refractivity contribution in [1.82, 2.24) is 9.80 Å². The molecule has 0 bridgehead atoms. The molecule has 6 nitrogen and oxygen atoms in total. The summed E-state index contributed by atoms with van der Waals surface area (Å²) in [5.74, 6) is -0.716. The molecule has 0 aromatic heterocycles. The van der Waals surface area contributed by atoms with Crippen molar-refractivity contribution in [2.75, 3.05) is 26.8 Å². The van der Waals surface area contributed by atoms with Crippen LogP contribution in [0, 0.1) is 5.82 Å². The molecule has 1 heterocycles. The van der Waals surface area contributed by atoms with Gasteiger partial charge >= 0.3 is 6.09 Å². The Hall–Kier alpha value is -1.67. The highest BCUT2D eigenvalue weighted by Crippen LogP contribution is 2.19. The maximum Gasteiger partial charge on any atom is 0.411 e. The van der Waals surface area contributed by atoms with E-state index < -0.39 is 23.6 Å². The second kappa shape index (κ2) is 8.35. The van der Waals surface area contributed by atoms with Gasteiger partial charge in [0.15, 0.2) is 0 Å². The predicted octanol–water partition coefficient (Wildman–Crippen LogP) is 3.18. The van der Waals surface area contributed by atoms with Crippen LogP contribution in [0.2, 0.25) is 0 Å². The van der Waals surface area contributed by atoms with E-state index in [0.717, 1.165) is 4.47 Å². The first kappa shape index (κ1) is 20.6. The van der Waals surface area contributed by atoms with Crippen molar-refractivity contribution < 1.29 is 23.5 Å². The lowest BCUT2D eigenvalue weighted by Gasteiger charge is -2.37. The Morgan fingerprint density at radius 1 is 1.42 bits per heavy atom. The second-order valence-corrected chi connectivity index (χ2v) is 8.11. The molecule has 1 saturated heterocycles. The average Bonchev–Trinajstić information content (AvgIpc) is 2.56. The second-order valence-electron chi connectivity index (χ2n) is 7.19. The molecule has 2 rings (SSSR count). The summed E-state index contributed by atoms with van der Waals surface area (Å²) < 4.78 is 25.4. The van der Waals surface area contributed by atoms with Crippen molar-refractivity contribution >= 4 is 27.9 Å². The van der Waals surface area contributed by atoms with E-state index in [1.54, 1.807) is 40.0 Å². The zero-order valence-electron chi connectivity index (χ0n) is 15.4. The van der Waals surface area contributed by atoms with E-state index in [1.165, 1.54) is 15.9 Å². The van der Waals surface area contributed by atoms with Gasteiger partial charge in [-0.15, -0.1) is 0 Å². The Labute approximate surface area is 161 Å². The Balaban J connectivity index is 2.11. The van der Waals surface area contributed by atoms with E-state index in [0.29, 0.717) is 12.2 Å². The van der Waals surface area contributed by atoms with Crippen molar-refractivity contribution in [1.29, 1.82) is 0 Å². The highest BCUT2D eigenvalue weighted by Gasteiger charge is 2.37. The van der Waals surface area contributed by atoms with Crippen molar-refractivity contribution in [2.24, 2.45) is 0 Å². The smallest absolute Gasteiger partial charge is 0.411 e. The van der Waals surface area contributed by atoms with Crippen molar-refractivity contribution in [2.45, 2.75) is 39.0 Å². The summed E-state index contributed by atoms with van der Waals surface area (Å²) in [4.78, 5) is 28.0. The first-order valence-corrected chi connectivity index (χ1v) is 9.14. The quantitative estimate of drug-likeness (QED) is 0.738. The summed E-state index contributed by atoms with van der Waals surface area (Å²) in [6.07, 6.45) is -0.554. The molecule has 8 heteroatoms. The molecule has 0 unspecified atom stereocenters. The van der Waals surface area contributed by atoms with E-state index >= 15 is 0 Å². The fourth-order valence-electron chi connectivity index (χ4n) is 2.60. The van der Waals surface area contributed by atoms with Crippen LogP contribution < -0.4 is 0 Å². The van der Waals surface area contributed by atoms with Gasteiger partial charge in [0.2, 0.25) is 5.91 Å². The monoisotopic (exact) mass is 430 g/mol. The summed E-state index contributed by atoms with van der Waals surface area (Å²) in [5, 5.41) is 0. The standard InChI is InChI=1S/C18H24BrFN2O4/c1-18(2,3)26-17(24)22-7-8-25-11-15(22)16(23)21(4)10-12-9-13(19)5-6-14(12)20/h5-6,9,15H,7-8,10-11H2,1-4H3/t15-/m0/s1. The minimum atomic E-state index is -0.793. The number of carbonyl (C=O) groups is 2. The van der Waals surface area contributed by atoms with E-state index in [9.17, 15) is 14.0 Å². The molecule has 0 radical (unpaired) electrons. The summed E-state index contributed by atoms with van der Waals surface area (Å²) in [5.41, 5.74) is -0.273. The van der Waals surface area contributed by atoms with Gasteiger partial charge in [0.25, 0.3) is 0 Å². The van der Waals surface area contributed by atoms with Gasteiger partial charge in [-0.2, -0.15) is 0 Å². The van der Waals surface area contributed by atoms with Crippen LogP contribution in [0.1, 0.15) is 26.3 Å². The van der Waals surface area contributed by atoms with Gasteiger partial charge in [0.1, 0.15) is 17.5 Å². The van der Waals surface area contributed by atoms with Crippen molar-refractivity contribution in [3.05, 3.63) is 34.1 Å². The molecule has 1 aromatic rings. The number of hydrogen-bond acceptors (Lipinski definition) is 4. The molecule has 1 fully saturated rings. The fraction of sp³-hybridized carbons (Fsp3) is 0.556. The van der Waals surface area contributed by atoms with Crippen LogP contribution >= 0.6 is 15.9 Å². The number of morpholine rings is 1.